The number of nitrogens with zero attached hydrogens (tertiary/aromatic N) is 3. The first-order valence-electron chi connectivity index (χ1n) is 11.9. The van der Waals surface area contributed by atoms with Crippen LogP contribution in [0.4, 0.5) is 48.3 Å². The van der Waals surface area contributed by atoms with E-state index in [0.29, 0.717) is 34.8 Å². The summed E-state index contributed by atoms with van der Waals surface area (Å²) in [6, 6.07) is 7.11. The predicted molar refractivity (Wildman–Crippen MR) is 140 cm³/mol. The number of carbonyl (C=O) groups is 2. The summed E-state index contributed by atoms with van der Waals surface area (Å²) in [5.41, 5.74) is -3.00. The van der Waals surface area contributed by atoms with Crippen molar-refractivity contribution in [3.8, 4) is 5.75 Å². The molecule has 1 aliphatic rings. The number of fused-ring (bicyclic) bond motifs is 1. The summed E-state index contributed by atoms with van der Waals surface area (Å²) in [7, 11) is -8.68. The lowest BCUT2D eigenvalue weighted by Crippen LogP contribution is -2.46. The van der Waals surface area contributed by atoms with Gasteiger partial charge in [-0.05, 0) is 48.5 Å². The van der Waals surface area contributed by atoms with Gasteiger partial charge in [-0.1, -0.05) is 6.07 Å². The first kappa shape index (κ1) is 32.3. The van der Waals surface area contributed by atoms with Crippen LogP contribution in [0.1, 0.15) is 17.5 Å². The number of hydrogen-bond acceptors (Lipinski definition) is 8. The van der Waals surface area contributed by atoms with Crippen LogP contribution < -0.4 is 18.7 Å². The van der Waals surface area contributed by atoms with Gasteiger partial charge in [-0.25, -0.2) is 26.6 Å². The van der Waals surface area contributed by atoms with Gasteiger partial charge < -0.3 is 9.84 Å². The van der Waals surface area contributed by atoms with E-state index in [9.17, 15) is 52.8 Å². The zero-order valence-corrected chi connectivity index (χ0v) is 23.2. The first-order chi connectivity index (χ1) is 20.4. The number of benzene rings is 2. The van der Waals surface area contributed by atoms with Crippen molar-refractivity contribution in [2.24, 2.45) is 0 Å². The highest BCUT2D eigenvalue weighted by atomic mass is 32.2. The van der Waals surface area contributed by atoms with Crippen molar-refractivity contribution in [1.29, 1.82) is 0 Å². The molecule has 0 aliphatic carbocycles. The Bertz CT molecular complexity index is 1770. The molecule has 0 fully saturated rings. The van der Waals surface area contributed by atoms with Gasteiger partial charge in [0.1, 0.15) is 17.7 Å². The van der Waals surface area contributed by atoms with Gasteiger partial charge >= 0.3 is 18.4 Å². The lowest BCUT2D eigenvalue weighted by molar-refractivity contribution is -0.138. The molecule has 2 N–H and O–H groups in total. The number of rotatable bonds is 7. The van der Waals surface area contributed by atoms with Crippen LogP contribution >= 0.6 is 0 Å². The highest BCUT2D eigenvalue weighted by Crippen LogP contribution is 2.40. The number of ether oxygens (including phenoxy) is 1. The second-order valence-electron chi connectivity index (χ2n) is 8.96. The summed E-state index contributed by atoms with van der Waals surface area (Å²) >= 11 is 0. The summed E-state index contributed by atoms with van der Waals surface area (Å²) in [5.74, 6) is -2.26. The number of pyridine rings is 1. The fourth-order valence-corrected chi connectivity index (χ4v) is 6.16. The van der Waals surface area contributed by atoms with Gasteiger partial charge in [0, 0.05) is 11.9 Å². The van der Waals surface area contributed by atoms with Gasteiger partial charge in [0.2, 0.25) is 16.8 Å². The lowest BCUT2D eigenvalue weighted by atomic mass is 10.1. The maximum absolute atomic E-state index is 13.6. The number of sulfonamides is 1. The van der Waals surface area contributed by atoms with E-state index >= 15 is 0 Å². The Hall–Kier alpha value is -4.59. The number of alkyl halides is 6. The second kappa shape index (κ2) is 11.8. The van der Waals surface area contributed by atoms with Crippen LogP contribution in [0.3, 0.4) is 0 Å². The van der Waals surface area contributed by atoms with E-state index in [2.05, 4.69) is 4.98 Å². The van der Waals surface area contributed by atoms with Gasteiger partial charge in [-0.3, -0.25) is 14.4 Å². The van der Waals surface area contributed by atoms with Gasteiger partial charge in [-0.15, -0.1) is 0 Å². The molecule has 20 heteroatoms. The first-order valence-corrected chi connectivity index (χ1v) is 14.5. The van der Waals surface area contributed by atoms with Crippen molar-refractivity contribution < 1.29 is 62.6 Å². The molecule has 0 saturated heterocycles. The van der Waals surface area contributed by atoms with Gasteiger partial charge in [-0.2, -0.15) is 30.6 Å². The average molecular weight is 669 g/mol. The molecule has 1 aromatic heterocycles. The fourth-order valence-electron chi connectivity index (χ4n) is 4.07. The Morgan fingerprint density at radius 3 is 2.27 bits per heavy atom. The molecule has 0 spiro atoms. The highest BCUT2D eigenvalue weighted by Gasteiger charge is 2.39. The molecule has 2 aromatic carbocycles. The van der Waals surface area contributed by atoms with E-state index in [0.717, 1.165) is 30.3 Å². The largest absolute Gasteiger partial charge is 0.486 e. The summed E-state index contributed by atoms with van der Waals surface area (Å²) < 4.78 is 136. The van der Waals surface area contributed by atoms with Crippen LogP contribution in [-0.2, 0) is 38.1 Å². The van der Waals surface area contributed by atoms with Crippen LogP contribution in [-0.4, -0.2) is 51.6 Å². The maximum Gasteiger partial charge on any atom is 0.417 e. The van der Waals surface area contributed by atoms with Gasteiger partial charge in [0.15, 0.2) is 0 Å². The molecule has 2 amide bonds. The Morgan fingerprint density at radius 1 is 1.02 bits per heavy atom. The topological polar surface area (TPSA) is 163 Å². The minimum atomic E-state index is -4.91. The Labute approximate surface area is 245 Å². The molecule has 44 heavy (non-hydrogen) atoms. The normalized spacial score (nSPS) is 15.3. The molecule has 2 heterocycles. The third-order valence-corrected chi connectivity index (χ3v) is 8.52. The summed E-state index contributed by atoms with van der Waals surface area (Å²) in [6.07, 6.45) is -13.3. The van der Waals surface area contributed by atoms with Crippen LogP contribution in [0, 0.1) is 0 Å². The van der Waals surface area contributed by atoms with E-state index in [-0.39, 0.29) is 21.4 Å². The van der Waals surface area contributed by atoms with Crippen molar-refractivity contribution in [3.05, 3.63) is 71.9 Å². The molecule has 1 aliphatic heterocycles. The van der Waals surface area contributed by atoms with Crippen LogP contribution in [0.25, 0.3) is 0 Å². The minimum absolute atomic E-state index is 0.0554. The molecular weight excluding hydrogens is 650 g/mol. The third-order valence-electron chi connectivity index (χ3n) is 5.99. The molecule has 1 atom stereocenters. The summed E-state index contributed by atoms with van der Waals surface area (Å²) in [4.78, 5) is 26.7. The SMILES string of the molecule is O=C(O)Nc1ccc2c(c1)N(S(=O)(=O)c1cccc(C(F)(F)F)c1)CC(CC(=O)N(c1ccc(C(F)(F)F)cn1)[SH](=O)=O)O2. The number of amides is 2. The van der Waals surface area contributed by atoms with E-state index in [1.54, 1.807) is 0 Å². The number of anilines is 3. The lowest BCUT2D eigenvalue weighted by Gasteiger charge is -2.36. The summed E-state index contributed by atoms with van der Waals surface area (Å²) in [6.45, 7) is -0.780. The smallest absolute Gasteiger partial charge is 0.417 e. The average Bonchev–Trinajstić information content (AvgIpc) is 2.91. The molecule has 236 valence electrons. The molecule has 4 rings (SSSR count). The molecule has 1 unspecified atom stereocenters. The molecule has 0 saturated carbocycles. The number of carboxylic acid groups (broad SMARTS) is 1. The quantitative estimate of drug-likeness (QED) is 0.248. The second-order valence-corrected chi connectivity index (χ2v) is 11.7. The molecule has 0 radical (unpaired) electrons. The van der Waals surface area contributed by atoms with E-state index in [1.807, 2.05) is 5.32 Å². The van der Waals surface area contributed by atoms with Crippen molar-refractivity contribution >= 4 is 50.1 Å². The Balaban J connectivity index is 1.71. The monoisotopic (exact) mass is 668 g/mol. The highest BCUT2D eigenvalue weighted by molar-refractivity contribution is 7.92. The number of hydrogen-bond donors (Lipinski definition) is 3. The van der Waals surface area contributed by atoms with Crippen molar-refractivity contribution in [1.82, 2.24) is 4.98 Å². The standard InChI is InChI=1S/C24H18F6N4O8S2/c25-23(26,27)13-2-1-3-17(8-13)44(40,41)33-12-16(42-19-6-5-15(9-18(19)33)32-22(36)37)10-21(35)34(43(38)39)20-7-4-14(11-31-20)24(28,29)30/h1-9,11,16,32,43H,10,12H2,(H,36,37). The number of carbonyl (C=O) groups excluding carboxylic acids is 1. The third kappa shape index (κ3) is 6.96. The Morgan fingerprint density at radius 2 is 1.70 bits per heavy atom. The Kier molecular flexibility index (Phi) is 8.69. The maximum atomic E-state index is 13.6. The zero-order chi connectivity index (χ0) is 32.6. The van der Waals surface area contributed by atoms with Crippen molar-refractivity contribution in [2.45, 2.75) is 29.8 Å². The molecule has 0 bridgehead atoms. The van der Waals surface area contributed by atoms with E-state index in [1.165, 1.54) is 0 Å². The summed E-state index contributed by atoms with van der Waals surface area (Å²) in [5, 5.41) is 11.0. The number of halogens is 6. The molecule has 12 nitrogen and oxygen atoms in total. The minimum Gasteiger partial charge on any atom is -0.486 e. The number of nitrogens with one attached hydrogen (secondary N) is 1. The van der Waals surface area contributed by atoms with Crippen LogP contribution in [0.5, 0.6) is 5.75 Å². The van der Waals surface area contributed by atoms with Crippen LogP contribution in [0.2, 0.25) is 0 Å². The number of thiol groups is 1. The van der Waals surface area contributed by atoms with Gasteiger partial charge in [0.25, 0.3) is 10.0 Å². The predicted octanol–water partition coefficient (Wildman–Crippen LogP) is 4.12. The molecule has 3 aromatic rings. The van der Waals surface area contributed by atoms with Gasteiger partial charge in [0.05, 0.1) is 34.7 Å². The number of aromatic nitrogens is 1. The van der Waals surface area contributed by atoms with E-state index < -0.39 is 86.2 Å². The van der Waals surface area contributed by atoms with Crippen LogP contribution in [0.15, 0.2) is 65.7 Å². The fraction of sp³-hybridized carbons (Fsp3) is 0.208. The van der Waals surface area contributed by atoms with E-state index in [4.69, 9.17) is 9.84 Å². The molecular formula is C24H18F6N4O8S2. The van der Waals surface area contributed by atoms with Crippen molar-refractivity contribution in [2.75, 3.05) is 20.5 Å². The zero-order valence-electron chi connectivity index (χ0n) is 21.5. The van der Waals surface area contributed by atoms with Crippen molar-refractivity contribution in [3.63, 3.8) is 0 Å².